The summed E-state index contributed by atoms with van der Waals surface area (Å²) in [5.74, 6) is 0. The zero-order chi connectivity index (χ0) is 7.82. The molecule has 3 heteroatoms. The molecule has 0 atom stereocenters. The van der Waals surface area contributed by atoms with E-state index < -0.39 is 0 Å². The summed E-state index contributed by atoms with van der Waals surface area (Å²) in [5.41, 5.74) is 6.17. The van der Waals surface area contributed by atoms with Gasteiger partial charge in [-0.15, -0.1) is 0 Å². The van der Waals surface area contributed by atoms with Crippen LogP contribution in [0.3, 0.4) is 0 Å². The summed E-state index contributed by atoms with van der Waals surface area (Å²) in [4.78, 5) is 3.81. The summed E-state index contributed by atoms with van der Waals surface area (Å²) in [5, 5.41) is 0. The Morgan fingerprint density at radius 3 is 2.80 bits per heavy atom. The largest absolute Gasteiger partial charge is 0.404 e. The van der Waals surface area contributed by atoms with Gasteiger partial charge in [0, 0.05) is 31.6 Å². The number of ether oxygens (including phenoxy) is 1. The van der Waals surface area contributed by atoms with Crippen LogP contribution in [0, 0.1) is 0 Å². The fourth-order valence-corrected chi connectivity index (χ4v) is 0.514. The topological polar surface area (TPSA) is 47.6 Å². The normalized spacial score (nSPS) is 12.8. The third kappa shape index (κ3) is 4.09. The molecule has 0 fully saturated rings. The highest BCUT2D eigenvalue weighted by atomic mass is 16.5. The van der Waals surface area contributed by atoms with Gasteiger partial charge in [0.05, 0.1) is 6.61 Å². The zero-order valence-corrected chi connectivity index (χ0v) is 6.50. The first-order valence-electron chi connectivity index (χ1n) is 3.25. The summed E-state index contributed by atoms with van der Waals surface area (Å²) in [6, 6.07) is 0. The lowest BCUT2D eigenvalue weighted by molar-refractivity contribution is 0.174. The maximum Gasteiger partial charge on any atom is 0.0745 e. The first kappa shape index (κ1) is 9.17. The average molecular weight is 142 g/mol. The molecule has 0 aliphatic rings. The van der Waals surface area contributed by atoms with Gasteiger partial charge in [-0.3, -0.25) is 4.99 Å². The smallest absolute Gasteiger partial charge is 0.0745 e. The minimum Gasteiger partial charge on any atom is -0.404 e. The van der Waals surface area contributed by atoms with Gasteiger partial charge < -0.3 is 10.5 Å². The van der Waals surface area contributed by atoms with Crippen LogP contribution in [-0.4, -0.2) is 26.5 Å². The Hall–Kier alpha value is -0.830. The molecule has 3 nitrogen and oxygen atoms in total. The minimum absolute atomic E-state index is 0.546. The molecule has 0 bridgehead atoms. The number of rotatable bonds is 4. The molecule has 0 saturated heterocycles. The van der Waals surface area contributed by atoms with Crippen molar-refractivity contribution in [1.82, 2.24) is 0 Å². The highest BCUT2D eigenvalue weighted by Gasteiger charge is 1.89. The van der Waals surface area contributed by atoms with E-state index in [0.29, 0.717) is 13.2 Å². The first-order valence-corrected chi connectivity index (χ1v) is 3.25. The Bertz CT molecular complexity index is 130. The van der Waals surface area contributed by atoms with Gasteiger partial charge in [-0.25, -0.2) is 0 Å². The van der Waals surface area contributed by atoms with Gasteiger partial charge in [-0.05, 0) is 6.92 Å². The van der Waals surface area contributed by atoms with Crippen molar-refractivity contribution < 1.29 is 4.74 Å². The molecule has 0 saturated carbocycles. The van der Waals surface area contributed by atoms with Crippen molar-refractivity contribution in [2.24, 2.45) is 10.7 Å². The summed E-state index contributed by atoms with van der Waals surface area (Å²) < 4.78 is 5.10. The van der Waals surface area contributed by atoms with Crippen molar-refractivity contribution in [3.05, 3.63) is 11.8 Å². The second-order valence-corrected chi connectivity index (χ2v) is 1.77. The fraction of sp³-hybridized carbons (Fsp3) is 0.571. The lowest BCUT2D eigenvalue weighted by Gasteiger charge is -1.98. The highest BCUT2D eigenvalue weighted by molar-refractivity contribution is 5.78. The third-order valence-electron chi connectivity index (χ3n) is 0.982. The van der Waals surface area contributed by atoms with E-state index in [9.17, 15) is 0 Å². The highest BCUT2D eigenvalue weighted by Crippen LogP contribution is 1.88. The fourth-order valence-electron chi connectivity index (χ4n) is 0.514. The van der Waals surface area contributed by atoms with Crippen LogP contribution < -0.4 is 5.73 Å². The number of nitrogens with two attached hydrogens (primary N) is 1. The van der Waals surface area contributed by atoms with Crippen LogP contribution in [0.1, 0.15) is 6.92 Å². The zero-order valence-electron chi connectivity index (χ0n) is 6.50. The molecule has 0 aliphatic carbocycles. The van der Waals surface area contributed by atoms with Crippen LogP contribution in [-0.2, 0) is 4.74 Å². The van der Waals surface area contributed by atoms with Crippen molar-refractivity contribution in [3.8, 4) is 0 Å². The molecule has 0 aliphatic heterocycles. The SMILES string of the molecule is CCOCC(C=NC)=CN. The average Bonchev–Trinajstić information content (AvgIpc) is 1.98. The van der Waals surface area contributed by atoms with Crippen molar-refractivity contribution in [3.63, 3.8) is 0 Å². The second-order valence-electron chi connectivity index (χ2n) is 1.77. The summed E-state index contributed by atoms with van der Waals surface area (Å²) in [6.45, 7) is 3.19. The Kier molecular flexibility index (Phi) is 5.77. The molecule has 0 aromatic carbocycles. The van der Waals surface area contributed by atoms with Crippen LogP contribution in [0.15, 0.2) is 16.8 Å². The third-order valence-corrected chi connectivity index (χ3v) is 0.982. The second kappa shape index (κ2) is 6.29. The van der Waals surface area contributed by atoms with E-state index in [1.165, 1.54) is 6.20 Å². The Morgan fingerprint density at radius 2 is 2.40 bits per heavy atom. The van der Waals surface area contributed by atoms with E-state index in [4.69, 9.17) is 10.5 Å². The monoisotopic (exact) mass is 142 g/mol. The van der Waals surface area contributed by atoms with Crippen molar-refractivity contribution in [2.45, 2.75) is 6.92 Å². The molecular weight excluding hydrogens is 128 g/mol. The molecule has 0 spiro atoms. The quantitative estimate of drug-likeness (QED) is 0.583. The molecule has 58 valence electrons. The van der Waals surface area contributed by atoms with E-state index in [1.54, 1.807) is 13.3 Å². The van der Waals surface area contributed by atoms with Crippen molar-refractivity contribution in [2.75, 3.05) is 20.3 Å². The van der Waals surface area contributed by atoms with Gasteiger partial charge in [0.15, 0.2) is 0 Å². The minimum atomic E-state index is 0.546. The number of aliphatic imine (C=N–C) groups is 1. The van der Waals surface area contributed by atoms with Gasteiger partial charge in [-0.2, -0.15) is 0 Å². The van der Waals surface area contributed by atoms with Gasteiger partial charge in [-0.1, -0.05) is 0 Å². The molecule has 0 amide bonds. The molecular formula is C7H14N2O. The maximum atomic E-state index is 5.27. The van der Waals surface area contributed by atoms with Gasteiger partial charge in [0.1, 0.15) is 0 Å². The molecule has 2 N–H and O–H groups in total. The van der Waals surface area contributed by atoms with Crippen LogP contribution in [0.25, 0.3) is 0 Å². The summed E-state index contributed by atoms with van der Waals surface area (Å²) in [7, 11) is 1.70. The maximum absolute atomic E-state index is 5.27. The molecule has 0 aromatic heterocycles. The van der Waals surface area contributed by atoms with Gasteiger partial charge >= 0.3 is 0 Å². The van der Waals surface area contributed by atoms with Crippen LogP contribution in [0.5, 0.6) is 0 Å². The van der Waals surface area contributed by atoms with E-state index in [1.807, 2.05) is 6.92 Å². The summed E-state index contributed by atoms with van der Waals surface area (Å²) in [6.07, 6.45) is 3.19. The Balaban J connectivity index is 3.62. The molecule has 0 radical (unpaired) electrons. The predicted molar refractivity (Wildman–Crippen MR) is 43.2 cm³/mol. The number of hydrogen-bond donors (Lipinski definition) is 1. The first-order chi connectivity index (χ1) is 4.85. The van der Waals surface area contributed by atoms with Crippen molar-refractivity contribution >= 4 is 6.21 Å². The summed E-state index contributed by atoms with van der Waals surface area (Å²) >= 11 is 0. The molecule has 0 unspecified atom stereocenters. The standard InChI is InChI=1S/C7H14N2O/c1-3-10-6-7(4-8)5-9-2/h4-5H,3,6,8H2,1-2H3. The Labute approximate surface area is 61.6 Å². The molecule has 0 rings (SSSR count). The van der Waals surface area contributed by atoms with E-state index in [-0.39, 0.29) is 0 Å². The van der Waals surface area contributed by atoms with E-state index in [2.05, 4.69) is 4.99 Å². The molecule has 10 heavy (non-hydrogen) atoms. The van der Waals surface area contributed by atoms with E-state index in [0.717, 1.165) is 5.57 Å². The van der Waals surface area contributed by atoms with Gasteiger partial charge in [0.2, 0.25) is 0 Å². The molecule has 0 aromatic rings. The van der Waals surface area contributed by atoms with Crippen LogP contribution in [0.4, 0.5) is 0 Å². The predicted octanol–water partition coefficient (Wildman–Crippen LogP) is 0.566. The Morgan fingerprint density at radius 1 is 1.70 bits per heavy atom. The van der Waals surface area contributed by atoms with Crippen LogP contribution in [0.2, 0.25) is 0 Å². The lowest BCUT2D eigenvalue weighted by atomic mass is 10.3. The van der Waals surface area contributed by atoms with Gasteiger partial charge in [0.25, 0.3) is 0 Å². The van der Waals surface area contributed by atoms with E-state index >= 15 is 0 Å². The lowest BCUT2D eigenvalue weighted by Crippen LogP contribution is -2.01. The van der Waals surface area contributed by atoms with Crippen molar-refractivity contribution in [1.29, 1.82) is 0 Å². The number of hydrogen-bond acceptors (Lipinski definition) is 3. The number of nitrogens with zero attached hydrogens (tertiary/aromatic N) is 1. The van der Waals surface area contributed by atoms with Crippen LogP contribution >= 0.6 is 0 Å². The molecule has 0 heterocycles.